The summed E-state index contributed by atoms with van der Waals surface area (Å²) in [6.07, 6.45) is 8.19. The van der Waals surface area contributed by atoms with Gasteiger partial charge in [0.05, 0.1) is 25.5 Å². The van der Waals surface area contributed by atoms with Crippen molar-refractivity contribution in [3.63, 3.8) is 0 Å². The molecule has 1 saturated carbocycles. The zero-order valence-electron chi connectivity index (χ0n) is 28.6. The fourth-order valence-electron chi connectivity index (χ4n) is 7.68. The van der Waals surface area contributed by atoms with E-state index in [-0.39, 0.29) is 24.0 Å². The van der Waals surface area contributed by atoms with Gasteiger partial charge < -0.3 is 24.4 Å². The second kappa shape index (κ2) is 17.5. The molecule has 6 unspecified atom stereocenters. The molecule has 3 aliphatic heterocycles. The average Bonchev–Trinajstić information content (AvgIpc) is 3.22. The number of carbonyl (C=O) groups excluding carboxylic acids is 1. The third kappa shape index (κ3) is 9.30. The number of amides is 1. The van der Waals surface area contributed by atoms with E-state index in [0.717, 1.165) is 81.3 Å². The van der Waals surface area contributed by atoms with E-state index in [1.54, 1.807) is 6.07 Å². The number of hydrogen-bond acceptors (Lipinski definition) is 7. The van der Waals surface area contributed by atoms with E-state index in [4.69, 9.17) is 25.8 Å². The Morgan fingerprint density at radius 1 is 1.00 bits per heavy atom. The van der Waals surface area contributed by atoms with E-state index in [9.17, 15) is 9.00 Å². The molecule has 2 aromatic carbocycles. The van der Waals surface area contributed by atoms with Crippen molar-refractivity contribution in [2.75, 3.05) is 57.7 Å². The highest BCUT2D eigenvalue weighted by Crippen LogP contribution is 2.47. The number of benzene rings is 2. The molecule has 0 radical (unpaired) electrons. The predicted molar refractivity (Wildman–Crippen MR) is 191 cm³/mol. The molecule has 2 aromatic rings. The molecule has 2 bridgehead atoms. The molecule has 1 saturated heterocycles. The molecule has 6 rings (SSSR count). The minimum atomic E-state index is -1.44. The van der Waals surface area contributed by atoms with Crippen LogP contribution >= 0.6 is 11.6 Å². The summed E-state index contributed by atoms with van der Waals surface area (Å²) < 4.78 is 34.7. The van der Waals surface area contributed by atoms with E-state index < -0.39 is 11.0 Å². The van der Waals surface area contributed by atoms with Crippen LogP contribution in [0.3, 0.4) is 0 Å². The van der Waals surface area contributed by atoms with E-state index in [1.807, 2.05) is 32.3 Å². The summed E-state index contributed by atoms with van der Waals surface area (Å²) in [4.78, 5) is 15.7. The van der Waals surface area contributed by atoms with Gasteiger partial charge in [0.15, 0.2) is 6.29 Å². The highest BCUT2D eigenvalue weighted by atomic mass is 35.5. The maximum Gasteiger partial charge on any atom is 0.263 e. The minimum absolute atomic E-state index is 0.149. The second-order valence-corrected chi connectivity index (χ2v) is 15.5. The molecule has 3 heterocycles. The molecular weight excluding hydrogens is 634 g/mol. The summed E-state index contributed by atoms with van der Waals surface area (Å²) in [7, 11) is 2.31. The van der Waals surface area contributed by atoms with Crippen molar-refractivity contribution in [1.82, 2.24) is 10.0 Å². The van der Waals surface area contributed by atoms with Crippen LogP contribution in [0.1, 0.15) is 86.2 Å². The summed E-state index contributed by atoms with van der Waals surface area (Å²) in [5, 5.41) is 3.51. The Labute approximate surface area is 289 Å². The first kappa shape index (κ1) is 36.1. The lowest BCUT2D eigenvalue weighted by atomic mass is 9.65. The molecule has 6 atom stereocenters. The van der Waals surface area contributed by atoms with Crippen molar-refractivity contribution in [3.8, 4) is 5.75 Å². The third-order valence-corrected chi connectivity index (χ3v) is 11.6. The van der Waals surface area contributed by atoms with Gasteiger partial charge in [-0.3, -0.25) is 9.52 Å². The lowest BCUT2D eigenvalue weighted by Crippen LogP contribution is -2.47. The van der Waals surface area contributed by atoms with Gasteiger partial charge in [0.2, 0.25) is 0 Å². The number of rotatable bonds is 4. The van der Waals surface area contributed by atoms with Crippen LogP contribution in [-0.2, 0) is 26.9 Å². The Kier molecular flexibility index (Phi) is 13.4. The normalized spacial score (nSPS) is 28.8. The number of nitrogens with zero attached hydrogens (tertiary/aromatic N) is 1. The fourth-order valence-corrected chi connectivity index (χ4v) is 8.96. The number of ether oxygens (including phenoxy) is 3. The van der Waals surface area contributed by atoms with E-state index in [0.29, 0.717) is 35.7 Å². The third-order valence-electron chi connectivity index (χ3n) is 10.1. The van der Waals surface area contributed by atoms with E-state index in [1.165, 1.54) is 24.0 Å². The lowest BCUT2D eigenvalue weighted by molar-refractivity contribution is -0.224. The van der Waals surface area contributed by atoms with Crippen molar-refractivity contribution < 1.29 is 23.2 Å². The first-order chi connectivity index (χ1) is 22.8. The number of carbonyl (C=O) groups is 1. The van der Waals surface area contributed by atoms with Crippen LogP contribution in [0.2, 0.25) is 5.02 Å². The first-order valence-electron chi connectivity index (χ1n) is 17.6. The van der Waals surface area contributed by atoms with Crippen LogP contribution in [0, 0.1) is 23.7 Å². The first-order valence-corrected chi connectivity index (χ1v) is 19.3. The monoisotopic (exact) mass is 687 g/mol. The van der Waals surface area contributed by atoms with Gasteiger partial charge in [0.1, 0.15) is 16.7 Å². The molecule has 1 amide bonds. The molecule has 2 N–H and O–H groups in total. The van der Waals surface area contributed by atoms with Crippen molar-refractivity contribution >= 4 is 34.2 Å². The lowest BCUT2D eigenvalue weighted by Gasteiger charge is -2.47. The van der Waals surface area contributed by atoms with Crippen LogP contribution in [-0.4, -0.2) is 69.2 Å². The van der Waals surface area contributed by atoms with Gasteiger partial charge in [0.25, 0.3) is 5.91 Å². The number of fused-ring (bicyclic) bond motifs is 2. The second-order valence-electron chi connectivity index (χ2n) is 13.8. The van der Waals surface area contributed by atoms with Crippen molar-refractivity contribution in [1.29, 1.82) is 0 Å². The molecule has 260 valence electrons. The molecule has 8 nitrogen and oxygen atoms in total. The molecule has 0 aromatic heterocycles. The van der Waals surface area contributed by atoms with Crippen molar-refractivity contribution in [3.05, 3.63) is 58.1 Å². The molecule has 47 heavy (non-hydrogen) atoms. The maximum atomic E-state index is 13.3. The standard InChI is InChI=1S/C35H47ClN2O5S.C2H7N/c1-3-6-24-17-28(36)11-13-29(24)27-20-38-19-26-9-12-30(26)31(35-41-15-5-16-42-35)8-4-7-23(2)22-44(40)37-34(39)25-10-14-33(43-21-27)32(38)18-25;1-3-2/h10-11,13-14,17-18,23,26-27,30-31,35H,3-9,12,15-16,19-22H2,1-2H3,(H,37,39);3H,1-2H3. The van der Waals surface area contributed by atoms with Gasteiger partial charge in [-0.05, 0) is 112 Å². The number of hydrogen-bond donors (Lipinski definition) is 2. The molecular formula is C37H54ClN3O5S. The highest BCUT2D eigenvalue weighted by Gasteiger charge is 2.43. The predicted octanol–water partition coefficient (Wildman–Crippen LogP) is 6.73. The van der Waals surface area contributed by atoms with Gasteiger partial charge in [-0.2, -0.15) is 0 Å². The number of anilines is 1. The average molecular weight is 688 g/mol. The Hall–Kier alpha value is -2.17. The zero-order chi connectivity index (χ0) is 33.3. The van der Waals surface area contributed by atoms with Gasteiger partial charge in [-0.1, -0.05) is 44.4 Å². The van der Waals surface area contributed by atoms with Gasteiger partial charge in [-0.25, -0.2) is 4.21 Å². The van der Waals surface area contributed by atoms with E-state index >= 15 is 0 Å². The van der Waals surface area contributed by atoms with Gasteiger partial charge >= 0.3 is 0 Å². The summed E-state index contributed by atoms with van der Waals surface area (Å²) in [5.74, 6) is 2.68. The quantitative estimate of drug-likeness (QED) is 0.369. The van der Waals surface area contributed by atoms with Gasteiger partial charge in [-0.15, -0.1) is 0 Å². The SMILES string of the molecule is CCCc1cc(Cl)ccc1C1COc2ccc3cc2N(C1)CC1CCC1C(C1OCCCO1)CCCC(C)CS(=O)NC3=O.CNC. The maximum absolute atomic E-state index is 13.3. The van der Waals surface area contributed by atoms with Crippen LogP contribution in [0.25, 0.3) is 0 Å². The van der Waals surface area contributed by atoms with Crippen LogP contribution < -0.4 is 19.7 Å². The largest absolute Gasteiger partial charge is 0.491 e. The summed E-state index contributed by atoms with van der Waals surface area (Å²) >= 11 is 6.44. The molecule has 10 heteroatoms. The smallest absolute Gasteiger partial charge is 0.263 e. The number of aryl methyl sites for hydroxylation is 1. The van der Waals surface area contributed by atoms with E-state index in [2.05, 4.69) is 40.9 Å². The van der Waals surface area contributed by atoms with Crippen LogP contribution in [0.5, 0.6) is 5.75 Å². The minimum Gasteiger partial charge on any atom is -0.491 e. The zero-order valence-corrected chi connectivity index (χ0v) is 30.2. The summed E-state index contributed by atoms with van der Waals surface area (Å²) in [6, 6.07) is 11.9. The molecule has 2 fully saturated rings. The molecule has 0 spiro atoms. The molecule has 1 aliphatic carbocycles. The molecule has 4 aliphatic rings. The summed E-state index contributed by atoms with van der Waals surface area (Å²) in [5.41, 5.74) is 4.00. The Morgan fingerprint density at radius 2 is 1.79 bits per heavy atom. The number of halogens is 1. The van der Waals surface area contributed by atoms with Crippen LogP contribution in [0.4, 0.5) is 5.69 Å². The van der Waals surface area contributed by atoms with Crippen molar-refractivity contribution in [2.24, 2.45) is 23.7 Å². The van der Waals surface area contributed by atoms with Crippen molar-refractivity contribution in [2.45, 2.75) is 77.4 Å². The highest BCUT2D eigenvalue weighted by molar-refractivity contribution is 7.83. The Bertz CT molecular complexity index is 1360. The fraction of sp³-hybridized carbons (Fsp3) is 0.649. The topological polar surface area (TPSA) is 89.1 Å². The Morgan fingerprint density at radius 3 is 2.51 bits per heavy atom. The van der Waals surface area contributed by atoms with Gasteiger partial charge in [0, 0.05) is 41.3 Å². The number of nitrogens with one attached hydrogen (secondary N) is 2. The Balaban J connectivity index is 0.00000139. The summed E-state index contributed by atoms with van der Waals surface area (Å²) in [6.45, 7) is 8.06. The van der Waals surface area contributed by atoms with Crippen LogP contribution in [0.15, 0.2) is 36.4 Å².